The molecule has 6 rings (SSSR count). The monoisotopic (exact) mass is 765 g/mol. The van der Waals surface area contributed by atoms with Crippen LogP contribution in [0.3, 0.4) is 0 Å². The molecule has 2 aromatic carbocycles. The molecule has 0 saturated carbocycles. The van der Waals surface area contributed by atoms with Crippen molar-refractivity contribution in [3.63, 3.8) is 0 Å². The van der Waals surface area contributed by atoms with Crippen LogP contribution in [-0.2, 0) is 26.2 Å². The van der Waals surface area contributed by atoms with Gasteiger partial charge in [-0.15, -0.1) is 6.58 Å². The summed E-state index contributed by atoms with van der Waals surface area (Å²) >= 11 is 0. The van der Waals surface area contributed by atoms with Crippen LogP contribution in [0.4, 0.5) is 11.9 Å². The quantitative estimate of drug-likeness (QED) is 0.0729. The van der Waals surface area contributed by atoms with E-state index >= 15 is 0 Å². The highest BCUT2D eigenvalue weighted by Gasteiger charge is 2.23. The van der Waals surface area contributed by atoms with Gasteiger partial charge in [0.15, 0.2) is 0 Å². The average Bonchev–Trinajstić information content (AvgIpc) is 3.93. The number of carbonyl (C=O) groups excluding carboxylic acids is 3. The molecule has 0 atom stereocenters. The molecule has 5 N–H and O–H groups in total. The second-order valence-corrected chi connectivity index (χ2v) is 12.8. The fraction of sp³-hybridized carbons (Fsp3) is 0.316. The second-order valence-electron chi connectivity index (χ2n) is 12.8. The van der Waals surface area contributed by atoms with Crippen LogP contribution < -0.4 is 25.8 Å². The van der Waals surface area contributed by atoms with Crippen molar-refractivity contribution in [3.05, 3.63) is 83.0 Å². The largest absolute Gasteiger partial charge is 0.491 e. The number of nitrogens with one attached hydrogen (secondary N) is 2. The van der Waals surface area contributed by atoms with Crippen molar-refractivity contribution >= 4 is 57.7 Å². The van der Waals surface area contributed by atoms with Crippen molar-refractivity contribution < 1.29 is 33.8 Å². The Kier molecular flexibility index (Phi) is 11.2. The van der Waals surface area contributed by atoms with E-state index in [0.29, 0.717) is 76.6 Å². The van der Waals surface area contributed by atoms with E-state index in [0.717, 1.165) is 0 Å². The Morgan fingerprint density at radius 1 is 0.750 bits per heavy atom. The third kappa shape index (κ3) is 7.66. The highest BCUT2D eigenvalue weighted by Crippen LogP contribution is 2.33. The number of benzene rings is 2. The van der Waals surface area contributed by atoms with Gasteiger partial charge in [0.25, 0.3) is 11.8 Å². The smallest absolute Gasteiger partial charge is 0.335 e. The number of fused-ring (bicyclic) bond motifs is 2. The summed E-state index contributed by atoms with van der Waals surface area (Å²) in [5.74, 6) is -1.71. The predicted octanol–water partition coefficient (Wildman–Crippen LogP) is 4.79. The Hall–Kier alpha value is -6.98. The summed E-state index contributed by atoms with van der Waals surface area (Å²) in [6, 6.07) is 9.24. The van der Waals surface area contributed by atoms with E-state index in [-0.39, 0.29) is 48.5 Å². The van der Waals surface area contributed by atoms with E-state index < -0.39 is 23.7 Å². The maximum atomic E-state index is 13.3. The maximum Gasteiger partial charge on any atom is 0.335 e. The van der Waals surface area contributed by atoms with Crippen molar-refractivity contribution in [2.24, 2.45) is 5.73 Å². The highest BCUT2D eigenvalue weighted by molar-refractivity contribution is 6.05. The molecule has 56 heavy (non-hydrogen) atoms. The van der Waals surface area contributed by atoms with Crippen LogP contribution in [-0.4, -0.2) is 80.7 Å². The Balaban J connectivity index is 1.24. The van der Waals surface area contributed by atoms with Crippen LogP contribution in [0.25, 0.3) is 22.1 Å². The molecule has 3 amide bonds. The molecule has 0 bridgehead atoms. The van der Waals surface area contributed by atoms with E-state index in [1.165, 1.54) is 18.2 Å². The summed E-state index contributed by atoms with van der Waals surface area (Å²) in [5, 5.41) is 24.3. The standard InChI is InChI=1S/C38H43N11O7/c1-7-12-47-32-26(41-38(47)43-35(52)28-16-22(6)45-49(28)10-4)18-24(36(53)54)20-30(32)56-14-11-13-55-29-19-23(33(39)50)17-25-31(29)46(8-2)37(40-25)42-34(51)27-15-21(5)44-48(27)9-3/h7,15-20H,1,8-14H2,2-6H3,(H2,39,50)(H,53,54)(H,40,42,51)(H,41,43,52). The van der Waals surface area contributed by atoms with Crippen LogP contribution in [0.2, 0.25) is 0 Å². The first-order valence-electron chi connectivity index (χ1n) is 18.1. The Morgan fingerprint density at radius 2 is 1.23 bits per heavy atom. The molecule has 4 aromatic heterocycles. The summed E-state index contributed by atoms with van der Waals surface area (Å²) in [7, 11) is 0. The lowest BCUT2D eigenvalue weighted by Gasteiger charge is -2.14. The van der Waals surface area contributed by atoms with Crippen molar-refractivity contribution in [2.45, 2.75) is 67.2 Å². The topological polar surface area (TPSA) is 228 Å². The summed E-state index contributed by atoms with van der Waals surface area (Å²) in [4.78, 5) is 60.2. The van der Waals surface area contributed by atoms with Crippen molar-refractivity contribution in [1.29, 1.82) is 0 Å². The third-order valence-corrected chi connectivity index (χ3v) is 8.90. The SMILES string of the molecule is C=CCn1c(NC(=O)c2cc(C)nn2CC)nc2cc(C(=O)O)cc(OCCCOc3cc(C(N)=O)cc4nc(NC(=O)c5cc(C)nn5CC)n(CC)c34)c21. The number of aryl methyl sites for hydroxylation is 5. The summed E-state index contributed by atoms with van der Waals surface area (Å²) in [6.45, 7) is 14.9. The van der Waals surface area contributed by atoms with E-state index in [4.69, 9.17) is 15.2 Å². The van der Waals surface area contributed by atoms with E-state index in [2.05, 4.69) is 37.4 Å². The minimum Gasteiger partial charge on any atom is -0.491 e. The van der Waals surface area contributed by atoms with Gasteiger partial charge in [0.2, 0.25) is 17.8 Å². The number of aromatic carboxylic acids is 1. The molecule has 4 heterocycles. The van der Waals surface area contributed by atoms with Crippen molar-refractivity contribution in [2.75, 3.05) is 23.8 Å². The number of nitrogens with two attached hydrogens (primary N) is 1. The number of imidazole rings is 2. The van der Waals surface area contributed by atoms with Crippen LogP contribution in [0, 0.1) is 13.8 Å². The molecule has 0 saturated heterocycles. The van der Waals surface area contributed by atoms with Crippen LogP contribution >= 0.6 is 0 Å². The lowest BCUT2D eigenvalue weighted by atomic mass is 10.1. The summed E-state index contributed by atoms with van der Waals surface area (Å²) in [5.41, 5.74) is 9.58. The number of ether oxygens (including phenoxy) is 2. The number of amides is 3. The van der Waals surface area contributed by atoms with E-state index in [1.807, 2.05) is 20.8 Å². The Bertz CT molecular complexity index is 2510. The molecule has 18 heteroatoms. The van der Waals surface area contributed by atoms with Crippen LogP contribution in [0.1, 0.15) is 80.3 Å². The zero-order chi connectivity index (χ0) is 40.3. The molecular weight excluding hydrogens is 722 g/mol. The van der Waals surface area contributed by atoms with Gasteiger partial charge in [-0.05, 0) is 71.0 Å². The van der Waals surface area contributed by atoms with Crippen LogP contribution in [0.15, 0.2) is 49.1 Å². The number of allylic oxidation sites excluding steroid dienone is 1. The minimum atomic E-state index is -1.18. The van der Waals surface area contributed by atoms with Crippen molar-refractivity contribution in [1.82, 2.24) is 38.7 Å². The van der Waals surface area contributed by atoms with Gasteiger partial charge in [-0.1, -0.05) is 6.08 Å². The van der Waals surface area contributed by atoms with Crippen molar-refractivity contribution in [3.8, 4) is 11.5 Å². The van der Waals surface area contributed by atoms with E-state index in [1.54, 1.807) is 56.6 Å². The number of primary amides is 1. The molecule has 0 fully saturated rings. The van der Waals surface area contributed by atoms with Gasteiger partial charge in [-0.3, -0.25) is 34.4 Å². The number of aromatic nitrogens is 8. The number of rotatable bonds is 17. The fourth-order valence-electron chi connectivity index (χ4n) is 6.44. The molecular formula is C38H43N11O7. The minimum absolute atomic E-state index is 0.0553. The van der Waals surface area contributed by atoms with Gasteiger partial charge in [0.1, 0.15) is 33.9 Å². The second kappa shape index (κ2) is 16.2. The predicted molar refractivity (Wildman–Crippen MR) is 208 cm³/mol. The number of anilines is 2. The molecule has 0 spiro atoms. The van der Waals surface area contributed by atoms with Gasteiger partial charge >= 0.3 is 5.97 Å². The van der Waals surface area contributed by atoms with Gasteiger partial charge in [0, 0.05) is 38.2 Å². The number of carboxylic acids is 1. The molecule has 0 unspecified atom stereocenters. The zero-order valence-electron chi connectivity index (χ0n) is 31.8. The lowest BCUT2D eigenvalue weighted by Crippen LogP contribution is -2.20. The molecule has 0 radical (unpaired) electrons. The molecule has 0 aliphatic rings. The van der Waals surface area contributed by atoms with Gasteiger partial charge < -0.3 is 29.4 Å². The van der Waals surface area contributed by atoms with Gasteiger partial charge in [0.05, 0.1) is 41.2 Å². The highest BCUT2D eigenvalue weighted by atomic mass is 16.5. The number of hydrogen-bond donors (Lipinski definition) is 4. The van der Waals surface area contributed by atoms with E-state index in [9.17, 15) is 24.3 Å². The molecule has 6 aromatic rings. The first kappa shape index (κ1) is 38.7. The number of nitrogens with zero attached hydrogens (tertiary/aromatic N) is 8. The Labute approximate surface area is 320 Å². The molecule has 0 aliphatic heterocycles. The number of carboxylic acid groups (broad SMARTS) is 1. The molecule has 18 nitrogen and oxygen atoms in total. The molecule has 292 valence electrons. The summed E-state index contributed by atoms with van der Waals surface area (Å²) < 4.78 is 19.0. The number of carbonyl (C=O) groups is 4. The normalized spacial score (nSPS) is 11.2. The maximum absolute atomic E-state index is 13.3. The third-order valence-electron chi connectivity index (χ3n) is 8.90. The lowest BCUT2D eigenvalue weighted by molar-refractivity contribution is 0.0695. The Morgan fingerprint density at radius 3 is 1.70 bits per heavy atom. The first-order valence-corrected chi connectivity index (χ1v) is 18.1. The molecule has 0 aliphatic carbocycles. The van der Waals surface area contributed by atoms with Crippen LogP contribution in [0.5, 0.6) is 11.5 Å². The van der Waals surface area contributed by atoms with Gasteiger partial charge in [-0.25, -0.2) is 14.8 Å². The zero-order valence-corrected chi connectivity index (χ0v) is 31.8. The summed E-state index contributed by atoms with van der Waals surface area (Å²) in [6.07, 6.45) is 1.95. The first-order chi connectivity index (χ1) is 26.9. The fourth-order valence-corrected chi connectivity index (χ4v) is 6.44. The van der Waals surface area contributed by atoms with Gasteiger partial charge in [-0.2, -0.15) is 10.2 Å². The average molecular weight is 766 g/mol. The number of hydrogen-bond acceptors (Lipinski definition) is 10.